The molecule has 0 spiro atoms. The Kier molecular flexibility index (Phi) is 5.09. The van der Waals surface area contributed by atoms with Crippen molar-refractivity contribution in [3.63, 3.8) is 0 Å². The average Bonchev–Trinajstić information content (AvgIpc) is 2.31. The Balaban J connectivity index is 2.79. The molecule has 2 N–H and O–H groups in total. The van der Waals surface area contributed by atoms with Gasteiger partial charge in [-0.05, 0) is 18.5 Å². The monoisotopic (exact) mass is 251 g/mol. The Hall–Kier alpha value is -1.62. The lowest BCUT2D eigenvalue weighted by atomic mass is 10.1. The van der Waals surface area contributed by atoms with Crippen LogP contribution in [-0.4, -0.2) is 23.4 Å². The smallest absolute Gasteiger partial charge is 0.292 e. The van der Waals surface area contributed by atoms with E-state index in [2.05, 4.69) is 18.7 Å². The van der Waals surface area contributed by atoms with Crippen molar-refractivity contribution in [1.82, 2.24) is 4.90 Å². The minimum Gasteiger partial charge on any atom is -0.393 e. The lowest BCUT2D eigenvalue weighted by Gasteiger charge is -2.21. The summed E-state index contributed by atoms with van der Waals surface area (Å²) in [7, 11) is 2.00. The zero-order chi connectivity index (χ0) is 13.7. The summed E-state index contributed by atoms with van der Waals surface area (Å²) >= 11 is 0. The zero-order valence-electron chi connectivity index (χ0n) is 11.2. The van der Waals surface area contributed by atoms with Crippen molar-refractivity contribution in [3.8, 4) is 0 Å². The summed E-state index contributed by atoms with van der Waals surface area (Å²) in [6, 6.07) is 4.96. The quantitative estimate of drug-likeness (QED) is 0.479. The van der Waals surface area contributed by atoms with Crippen molar-refractivity contribution < 1.29 is 4.92 Å². The Morgan fingerprint density at radius 2 is 2.17 bits per heavy atom. The van der Waals surface area contributed by atoms with E-state index in [0.29, 0.717) is 12.5 Å². The van der Waals surface area contributed by atoms with Crippen molar-refractivity contribution >= 4 is 11.4 Å². The van der Waals surface area contributed by atoms with E-state index in [-0.39, 0.29) is 11.4 Å². The first-order chi connectivity index (χ1) is 8.45. The predicted molar refractivity (Wildman–Crippen MR) is 73.3 cm³/mol. The molecular formula is C13H21N3O2. The van der Waals surface area contributed by atoms with E-state index in [1.165, 1.54) is 6.07 Å². The highest BCUT2D eigenvalue weighted by Gasteiger charge is 2.15. The van der Waals surface area contributed by atoms with Crippen LogP contribution in [0.4, 0.5) is 11.4 Å². The standard InChI is InChI=1S/C13H21N3O2/c1-4-10(2)8-15(3)9-11-6-5-7-12(13(11)14)16(17)18/h5-7,10H,4,8-9,14H2,1-3H3. The van der Waals surface area contributed by atoms with Crippen LogP contribution < -0.4 is 5.73 Å². The molecule has 1 atom stereocenters. The molecule has 0 radical (unpaired) electrons. The molecule has 0 aromatic heterocycles. The van der Waals surface area contributed by atoms with Crippen molar-refractivity contribution in [2.24, 2.45) is 5.92 Å². The van der Waals surface area contributed by atoms with Crippen LogP contribution in [0.5, 0.6) is 0 Å². The van der Waals surface area contributed by atoms with Gasteiger partial charge in [-0.3, -0.25) is 10.1 Å². The maximum atomic E-state index is 10.8. The fraction of sp³-hybridized carbons (Fsp3) is 0.538. The summed E-state index contributed by atoms with van der Waals surface area (Å²) in [5.41, 5.74) is 6.91. The van der Waals surface area contributed by atoms with Gasteiger partial charge in [0.1, 0.15) is 5.69 Å². The minimum atomic E-state index is -0.437. The first-order valence-corrected chi connectivity index (χ1v) is 6.16. The first kappa shape index (κ1) is 14.4. The Labute approximate surface area is 108 Å². The molecule has 0 fully saturated rings. The zero-order valence-corrected chi connectivity index (χ0v) is 11.2. The summed E-state index contributed by atoms with van der Waals surface area (Å²) in [4.78, 5) is 12.5. The predicted octanol–water partition coefficient (Wildman–Crippen LogP) is 2.65. The lowest BCUT2D eigenvalue weighted by molar-refractivity contribution is -0.384. The number of anilines is 1. The van der Waals surface area contributed by atoms with Gasteiger partial charge in [-0.2, -0.15) is 0 Å². The van der Waals surface area contributed by atoms with Crippen LogP contribution in [0, 0.1) is 16.0 Å². The molecule has 18 heavy (non-hydrogen) atoms. The molecule has 5 nitrogen and oxygen atoms in total. The Morgan fingerprint density at radius 1 is 1.50 bits per heavy atom. The van der Waals surface area contributed by atoms with Crippen LogP contribution >= 0.6 is 0 Å². The number of nitrogen functional groups attached to an aromatic ring is 1. The second-order valence-corrected chi connectivity index (χ2v) is 4.82. The van der Waals surface area contributed by atoms with Crippen LogP contribution in [0.3, 0.4) is 0 Å². The molecule has 1 aromatic carbocycles. The number of nitro groups is 1. The van der Waals surface area contributed by atoms with Crippen molar-refractivity contribution in [3.05, 3.63) is 33.9 Å². The number of rotatable bonds is 6. The van der Waals surface area contributed by atoms with Crippen LogP contribution in [0.1, 0.15) is 25.8 Å². The maximum absolute atomic E-state index is 10.8. The second kappa shape index (κ2) is 6.35. The molecule has 0 saturated heterocycles. The molecule has 1 unspecified atom stereocenters. The number of para-hydroxylation sites is 1. The van der Waals surface area contributed by atoms with Gasteiger partial charge in [0.25, 0.3) is 5.69 Å². The van der Waals surface area contributed by atoms with E-state index >= 15 is 0 Å². The maximum Gasteiger partial charge on any atom is 0.292 e. The lowest BCUT2D eigenvalue weighted by Crippen LogP contribution is -2.24. The number of nitrogens with zero attached hydrogens (tertiary/aromatic N) is 2. The van der Waals surface area contributed by atoms with Crippen LogP contribution in [-0.2, 0) is 6.54 Å². The summed E-state index contributed by atoms with van der Waals surface area (Å²) in [5, 5.41) is 10.8. The number of hydrogen-bond acceptors (Lipinski definition) is 4. The Bertz CT molecular complexity index is 421. The largest absolute Gasteiger partial charge is 0.393 e. The molecule has 0 heterocycles. The van der Waals surface area contributed by atoms with Gasteiger partial charge in [0, 0.05) is 19.2 Å². The Morgan fingerprint density at radius 3 is 2.72 bits per heavy atom. The van der Waals surface area contributed by atoms with Gasteiger partial charge < -0.3 is 10.6 Å². The van der Waals surface area contributed by atoms with Crippen molar-refractivity contribution in [2.75, 3.05) is 19.3 Å². The molecular weight excluding hydrogens is 230 g/mol. The minimum absolute atomic E-state index is 0.00978. The van der Waals surface area contributed by atoms with Gasteiger partial charge >= 0.3 is 0 Å². The van der Waals surface area contributed by atoms with Crippen LogP contribution in [0.25, 0.3) is 0 Å². The van der Waals surface area contributed by atoms with Gasteiger partial charge in [0.2, 0.25) is 0 Å². The third-order valence-electron chi connectivity index (χ3n) is 3.13. The van der Waals surface area contributed by atoms with Crippen LogP contribution in [0.15, 0.2) is 18.2 Å². The molecule has 0 bridgehead atoms. The molecule has 0 saturated carbocycles. The fourth-order valence-electron chi connectivity index (χ4n) is 1.91. The van der Waals surface area contributed by atoms with Crippen molar-refractivity contribution in [2.45, 2.75) is 26.8 Å². The van der Waals surface area contributed by atoms with Gasteiger partial charge in [-0.15, -0.1) is 0 Å². The van der Waals surface area contributed by atoms with Gasteiger partial charge in [-0.1, -0.05) is 32.4 Å². The second-order valence-electron chi connectivity index (χ2n) is 4.82. The van der Waals surface area contributed by atoms with E-state index in [9.17, 15) is 10.1 Å². The number of nitro benzene ring substituents is 1. The number of nitrogens with two attached hydrogens (primary N) is 1. The average molecular weight is 251 g/mol. The fourth-order valence-corrected chi connectivity index (χ4v) is 1.91. The van der Waals surface area contributed by atoms with Crippen molar-refractivity contribution in [1.29, 1.82) is 0 Å². The summed E-state index contributed by atoms with van der Waals surface area (Å²) in [5.74, 6) is 0.606. The molecule has 0 aliphatic rings. The SMILES string of the molecule is CCC(C)CN(C)Cc1cccc([N+](=O)[O-])c1N. The van der Waals surface area contributed by atoms with Gasteiger partial charge in [0.15, 0.2) is 0 Å². The third kappa shape index (κ3) is 3.70. The number of hydrogen-bond donors (Lipinski definition) is 1. The first-order valence-electron chi connectivity index (χ1n) is 6.16. The topological polar surface area (TPSA) is 72.4 Å². The van der Waals surface area contributed by atoms with E-state index in [1.54, 1.807) is 6.07 Å². The molecule has 0 amide bonds. The summed E-state index contributed by atoms with van der Waals surface area (Å²) < 4.78 is 0. The molecule has 100 valence electrons. The van der Waals surface area contributed by atoms with Gasteiger partial charge in [0.05, 0.1) is 4.92 Å². The molecule has 5 heteroatoms. The van der Waals surface area contributed by atoms with Crippen LogP contribution in [0.2, 0.25) is 0 Å². The number of benzene rings is 1. The normalized spacial score (nSPS) is 12.7. The summed E-state index contributed by atoms with van der Waals surface area (Å²) in [6.07, 6.45) is 1.12. The van der Waals surface area contributed by atoms with E-state index in [4.69, 9.17) is 5.73 Å². The van der Waals surface area contributed by atoms with E-state index in [1.807, 2.05) is 13.1 Å². The van der Waals surface area contributed by atoms with Gasteiger partial charge in [-0.25, -0.2) is 0 Å². The van der Waals surface area contributed by atoms with E-state index < -0.39 is 4.92 Å². The summed E-state index contributed by atoms with van der Waals surface area (Å²) in [6.45, 7) is 5.93. The highest BCUT2D eigenvalue weighted by atomic mass is 16.6. The third-order valence-corrected chi connectivity index (χ3v) is 3.13. The highest BCUT2D eigenvalue weighted by Crippen LogP contribution is 2.25. The molecule has 0 aliphatic carbocycles. The highest BCUT2D eigenvalue weighted by molar-refractivity contribution is 5.62. The molecule has 0 aliphatic heterocycles. The van der Waals surface area contributed by atoms with E-state index in [0.717, 1.165) is 18.5 Å². The molecule has 1 rings (SSSR count). The molecule has 1 aromatic rings.